The molecule has 2 aromatic carbocycles. The number of anilines is 1. The standard InChI is InChI=1S/C22H15ClFN3O2S/c1-13-2-9-17(10-3-13)26-20(28)19-22(30-18-11-6-15(23)12-25-18)29-21(27-19)14-4-7-16(24)8-5-14/h2-12H,1H3,(H,26,28). The Labute approximate surface area is 181 Å². The summed E-state index contributed by atoms with van der Waals surface area (Å²) in [5, 5.41) is 4.18. The number of halogens is 2. The van der Waals surface area contributed by atoms with E-state index in [9.17, 15) is 9.18 Å². The van der Waals surface area contributed by atoms with Crippen molar-refractivity contribution >= 4 is 35.0 Å². The second-order valence-electron chi connectivity index (χ2n) is 6.40. The molecular formula is C22H15ClFN3O2S. The van der Waals surface area contributed by atoms with Gasteiger partial charge in [0.1, 0.15) is 10.8 Å². The van der Waals surface area contributed by atoms with Gasteiger partial charge >= 0.3 is 0 Å². The minimum absolute atomic E-state index is 0.108. The van der Waals surface area contributed by atoms with Crippen molar-refractivity contribution in [2.75, 3.05) is 5.32 Å². The molecule has 4 aromatic rings. The summed E-state index contributed by atoms with van der Waals surface area (Å²) in [6.07, 6.45) is 1.51. The van der Waals surface area contributed by atoms with Gasteiger partial charge in [-0.3, -0.25) is 4.79 Å². The zero-order chi connectivity index (χ0) is 21.1. The Bertz CT molecular complexity index is 1180. The number of nitrogens with zero attached hydrogens (tertiary/aromatic N) is 2. The lowest BCUT2D eigenvalue weighted by Gasteiger charge is -2.04. The van der Waals surface area contributed by atoms with Crippen LogP contribution in [0.1, 0.15) is 16.1 Å². The average Bonchev–Trinajstić information content (AvgIpc) is 3.16. The highest BCUT2D eigenvalue weighted by Crippen LogP contribution is 2.34. The molecule has 30 heavy (non-hydrogen) atoms. The molecule has 8 heteroatoms. The van der Waals surface area contributed by atoms with Gasteiger partial charge in [-0.05, 0) is 67.2 Å². The summed E-state index contributed by atoms with van der Waals surface area (Å²) in [7, 11) is 0. The predicted molar refractivity (Wildman–Crippen MR) is 114 cm³/mol. The minimum Gasteiger partial charge on any atom is -0.429 e. The Kier molecular flexibility index (Phi) is 5.83. The third-order valence-electron chi connectivity index (χ3n) is 4.11. The molecule has 4 rings (SSSR count). The number of nitrogens with one attached hydrogen (secondary N) is 1. The summed E-state index contributed by atoms with van der Waals surface area (Å²) in [5.41, 5.74) is 2.38. The lowest BCUT2D eigenvalue weighted by atomic mass is 10.2. The number of aromatic nitrogens is 2. The Morgan fingerprint density at radius 1 is 1.07 bits per heavy atom. The highest BCUT2D eigenvalue weighted by molar-refractivity contribution is 7.99. The van der Waals surface area contributed by atoms with Crippen molar-refractivity contribution in [1.29, 1.82) is 0 Å². The molecule has 0 atom stereocenters. The number of aryl methyl sites for hydroxylation is 1. The molecule has 1 N–H and O–H groups in total. The van der Waals surface area contributed by atoms with Crippen molar-refractivity contribution in [2.24, 2.45) is 0 Å². The Morgan fingerprint density at radius 2 is 1.80 bits per heavy atom. The SMILES string of the molecule is Cc1ccc(NC(=O)c2nc(-c3ccc(F)cc3)oc2Sc2ccc(Cl)cn2)cc1. The first-order valence-electron chi connectivity index (χ1n) is 8.92. The maximum atomic E-state index is 13.3. The van der Waals surface area contributed by atoms with Crippen LogP contribution < -0.4 is 5.32 Å². The van der Waals surface area contributed by atoms with Crippen molar-refractivity contribution in [3.8, 4) is 11.5 Å². The highest BCUT2D eigenvalue weighted by Gasteiger charge is 2.23. The number of rotatable bonds is 5. The van der Waals surface area contributed by atoms with Crippen molar-refractivity contribution in [2.45, 2.75) is 17.0 Å². The van der Waals surface area contributed by atoms with Gasteiger partial charge in [0.25, 0.3) is 5.91 Å². The van der Waals surface area contributed by atoms with Crippen molar-refractivity contribution < 1.29 is 13.6 Å². The fraction of sp³-hybridized carbons (Fsp3) is 0.0455. The number of carbonyl (C=O) groups excluding carboxylic acids is 1. The van der Waals surface area contributed by atoms with Crippen LogP contribution in [0.25, 0.3) is 11.5 Å². The van der Waals surface area contributed by atoms with Crippen LogP contribution in [0.15, 0.2) is 81.4 Å². The second-order valence-corrected chi connectivity index (χ2v) is 7.83. The maximum Gasteiger partial charge on any atom is 0.278 e. The molecule has 0 radical (unpaired) electrons. The monoisotopic (exact) mass is 439 g/mol. The van der Waals surface area contributed by atoms with E-state index in [4.69, 9.17) is 16.0 Å². The van der Waals surface area contributed by atoms with Crippen LogP contribution in [0.2, 0.25) is 5.02 Å². The highest BCUT2D eigenvalue weighted by atomic mass is 35.5. The van der Waals surface area contributed by atoms with Crippen LogP contribution in [-0.2, 0) is 0 Å². The Hall–Kier alpha value is -3.16. The van der Waals surface area contributed by atoms with E-state index in [2.05, 4.69) is 15.3 Å². The number of benzene rings is 2. The van der Waals surface area contributed by atoms with E-state index in [0.717, 1.165) is 17.3 Å². The number of pyridine rings is 1. The molecule has 1 amide bonds. The zero-order valence-electron chi connectivity index (χ0n) is 15.7. The van der Waals surface area contributed by atoms with Gasteiger partial charge in [0.05, 0.1) is 5.02 Å². The fourth-order valence-corrected chi connectivity index (χ4v) is 3.48. The molecule has 0 aliphatic heterocycles. The number of oxazole rings is 1. The second kappa shape index (κ2) is 8.69. The van der Waals surface area contributed by atoms with Crippen LogP contribution >= 0.6 is 23.4 Å². The van der Waals surface area contributed by atoms with Crippen LogP contribution in [0.4, 0.5) is 10.1 Å². The summed E-state index contributed by atoms with van der Waals surface area (Å²) in [4.78, 5) is 21.5. The first-order valence-corrected chi connectivity index (χ1v) is 10.1. The van der Waals surface area contributed by atoms with Gasteiger partial charge in [0, 0.05) is 17.4 Å². The summed E-state index contributed by atoms with van der Waals surface area (Å²) >= 11 is 7.04. The van der Waals surface area contributed by atoms with Gasteiger partial charge in [-0.25, -0.2) is 14.4 Å². The van der Waals surface area contributed by atoms with E-state index in [1.165, 1.54) is 30.5 Å². The van der Waals surface area contributed by atoms with E-state index in [0.29, 0.717) is 21.3 Å². The molecule has 0 unspecified atom stereocenters. The summed E-state index contributed by atoms with van der Waals surface area (Å²) < 4.78 is 19.1. The molecular weight excluding hydrogens is 425 g/mol. The van der Waals surface area contributed by atoms with Gasteiger partial charge in [-0.1, -0.05) is 29.3 Å². The van der Waals surface area contributed by atoms with Crippen LogP contribution in [-0.4, -0.2) is 15.9 Å². The third kappa shape index (κ3) is 4.69. The predicted octanol–water partition coefficient (Wildman–Crippen LogP) is 6.24. The topological polar surface area (TPSA) is 68.0 Å². The normalized spacial score (nSPS) is 10.8. The van der Waals surface area contributed by atoms with Gasteiger partial charge in [-0.15, -0.1) is 0 Å². The fourth-order valence-electron chi connectivity index (χ4n) is 2.58. The Balaban J connectivity index is 1.68. The molecule has 0 saturated carbocycles. The minimum atomic E-state index is -0.424. The molecule has 0 bridgehead atoms. The van der Waals surface area contributed by atoms with E-state index in [1.54, 1.807) is 12.1 Å². The third-order valence-corrected chi connectivity index (χ3v) is 5.25. The lowest BCUT2D eigenvalue weighted by Crippen LogP contribution is -2.13. The summed E-state index contributed by atoms with van der Waals surface area (Å²) in [5.74, 6) is -0.587. The number of carbonyl (C=O) groups is 1. The largest absolute Gasteiger partial charge is 0.429 e. The summed E-state index contributed by atoms with van der Waals surface area (Å²) in [6, 6.07) is 16.5. The van der Waals surface area contributed by atoms with E-state index < -0.39 is 5.91 Å². The molecule has 150 valence electrons. The van der Waals surface area contributed by atoms with Crippen molar-refractivity contribution in [3.05, 3.63) is 89.0 Å². The molecule has 0 fully saturated rings. The molecule has 2 heterocycles. The van der Waals surface area contributed by atoms with Gasteiger partial charge in [-0.2, -0.15) is 0 Å². The zero-order valence-corrected chi connectivity index (χ0v) is 17.3. The Morgan fingerprint density at radius 3 is 2.47 bits per heavy atom. The molecule has 0 saturated heterocycles. The molecule has 5 nitrogen and oxygen atoms in total. The molecule has 0 spiro atoms. The van der Waals surface area contributed by atoms with Gasteiger partial charge < -0.3 is 9.73 Å². The lowest BCUT2D eigenvalue weighted by molar-refractivity contribution is 0.101. The first-order chi connectivity index (χ1) is 14.5. The van der Waals surface area contributed by atoms with Crippen LogP contribution in [0.3, 0.4) is 0 Å². The molecule has 0 aliphatic carbocycles. The average molecular weight is 440 g/mol. The molecule has 2 aromatic heterocycles. The van der Waals surface area contributed by atoms with Crippen molar-refractivity contribution in [1.82, 2.24) is 9.97 Å². The van der Waals surface area contributed by atoms with E-state index in [1.807, 2.05) is 31.2 Å². The number of hydrogen-bond donors (Lipinski definition) is 1. The van der Waals surface area contributed by atoms with Gasteiger partial charge in [0.15, 0.2) is 5.69 Å². The van der Waals surface area contributed by atoms with Gasteiger partial charge in [0.2, 0.25) is 11.0 Å². The van der Waals surface area contributed by atoms with E-state index in [-0.39, 0.29) is 22.5 Å². The quantitative estimate of drug-likeness (QED) is 0.398. The summed E-state index contributed by atoms with van der Waals surface area (Å²) in [6.45, 7) is 1.96. The van der Waals surface area contributed by atoms with Crippen molar-refractivity contribution in [3.63, 3.8) is 0 Å². The smallest absolute Gasteiger partial charge is 0.278 e. The first kappa shape index (κ1) is 20.1. The van der Waals surface area contributed by atoms with Crippen LogP contribution in [0.5, 0.6) is 0 Å². The van der Waals surface area contributed by atoms with Crippen LogP contribution in [0, 0.1) is 12.7 Å². The van der Waals surface area contributed by atoms with E-state index >= 15 is 0 Å². The molecule has 0 aliphatic rings. The number of hydrogen-bond acceptors (Lipinski definition) is 5. The number of amides is 1. The maximum absolute atomic E-state index is 13.3.